The maximum Gasteiger partial charge on any atom is 0.239 e. The van der Waals surface area contributed by atoms with E-state index in [1.165, 1.54) is 32.1 Å². The second-order valence-electron chi connectivity index (χ2n) is 8.11. The van der Waals surface area contributed by atoms with Crippen molar-refractivity contribution in [2.45, 2.75) is 38.1 Å². The van der Waals surface area contributed by atoms with Crippen molar-refractivity contribution >= 4 is 28.3 Å². The van der Waals surface area contributed by atoms with Crippen LogP contribution in [0.3, 0.4) is 0 Å². The minimum Gasteiger partial charge on any atom is -0.367 e. The maximum absolute atomic E-state index is 12.0. The van der Waals surface area contributed by atoms with E-state index in [4.69, 9.17) is 4.98 Å². The van der Waals surface area contributed by atoms with Crippen LogP contribution in [0.25, 0.3) is 22.0 Å². The molecule has 0 radical (unpaired) electrons. The molecular formula is C23H26N6O. The number of carbonyl (C=O) groups excluding carboxylic acids is 1. The highest BCUT2D eigenvalue weighted by atomic mass is 16.2. The Hall–Kier alpha value is -3.22. The predicted molar refractivity (Wildman–Crippen MR) is 118 cm³/mol. The molecule has 5 rings (SSSR count). The van der Waals surface area contributed by atoms with Crippen LogP contribution in [0, 0.1) is 0 Å². The van der Waals surface area contributed by atoms with Gasteiger partial charge < -0.3 is 15.5 Å². The highest BCUT2D eigenvalue weighted by molar-refractivity contribution is 5.96. The summed E-state index contributed by atoms with van der Waals surface area (Å²) in [7, 11) is 0. The van der Waals surface area contributed by atoms with Gasteiger partial charge in [-0.15, -0.1) is 0 Å². The molecule has 0 unspecified atom stereocenters. The van der Waals surface area contributed by atoms with E-state index >= 15 is 0 Å². The Morgan fingerprint density at radius 3 is 2.87 bits per heavy atom. The third kappa shape index (κ3) is 3.92. The molecule has 154 valence electrons. The molecule has 3 aromatic rings. The molecule has 4 heterocycles. The number of piperazine rings is 1. The molecule has 0 bridgehead atoms. The molecule has 1 aliphatic heterocycles. The molecule has 7 heteroatoms. The molecule has 0 spiro atoms. The van der Waals surface area contributed by atoms with Crippen LogP contribution in [-0.2, 0) is 4.79 Å². The first-order valence-electron chi connectivity index (χ1n) is 10.8. The monoisotopic (exact) mass is 402 g/mol. The lowest BCUT2D eigenvalue weighted by molar-refractivity contribution is -0.120. The van der Waals surface area contributed by atoms with Crippen molar-refractivity contribution in [3.8, 4) is 11.3 Å². The molecule has 1 amide bonds. The molecule has 2 fully saturated rings. The van der Waals surface area contributed by atoms with E-state index in [0.717, 1.165) is 40.2 Å². The fraction of sp³-hybridized carbons (Fsp3) is 0.391. The fourth-order valence-electron chi connectivity index (χ4n) is 4.41. The number of hydrogen-bond donors (Lipinski definition) is 2. The van der Waals surface area contributed by atoms with E-state index in [1.54, 1.807) is 6.20 Å². The van der Waals surface area contributed by atoms with Gasteiger partial charge in [0.25, 0.3) is 0 Å². The molecule has 2 N–H and O–H groups in total. The summed E-state index contributed by atoms with van der Waals surface area (Å²) in [6, 6.07) is 8.60. The van der Waals surface area contributed by atoms with Gasteiger partial charge in [-0.1, -0.05) is 19.3 Å². The summed E-state index contributed by atoms with van der Waals surface area (Å²) < 4.78 is 0. The summed E-state index contributed by atoms with van der Waals surface area (Å²) in [5.74, 6) is 1.75. The second-order valence-corrected chi connectivity index (χ2v) is 8.11. The van der Waals surface area contributed by atoms with Crippen LogP contribution in [0.5, 0.6) is 0 Å². The van der Waals surface area contributed by atoms with E-state index in [9.17, 15) is 4.79 Å². The van der Waals surface area contributed by atoms with E-state index in [-0.39, 0.29) is 5.91 Å². The normalized spacial score (nSPS) is 17.7. The van der Waals surface area contributed by atoms with E-state index in [2.05, 4.69) is 32.7 Å². The standard InChI is InChI=1S/C23H26N6O/c30-22-15-29(11-10-26-22)23-19-7-8-24-14-17(19)12-20(28-23)16-6-9-25-21(13-16)27-18-4-2-1-3-5-18/h6-9,12-14,18H,1-5,10-11,15H2,(H,25,27)(H,26,30). The van der Waals surface area contributed by atoms with Crippen LogP contribution in [0.15, 0.2) is 42.9 Å². The Morgan fingerprint density at radius 1 is 1.10 bits per heavy atom. The molecule has 0 aromatic carbocycles. The van der Waals surface area contributed by atoms with Crippen molar-refractivity contribution in [2.24, 2.45) is 0 Å². The van der Waals surface area contributed by atoms with Gasteiger partial charge in [0.1, 0.15) is 11.6 Å². The number of anilines is 2. The topological polar surface area (TPSA) is 83.0 Å². The van der Waals surface area contributed by atoms with Gasteiger partial charge in [0, 0.05) is 54.1 Å². The molecule has 30 heavy (non-hydrogen) atoms. The van der Waals surface area contributed by atoms with Gasteiger partial charge >= 0.3 is 0 Å². The lowest BCUT2D eigenvalue weighted by Crippen LogP contribution is -2.48. The van der Waals surface area contributed by atoms with E-state index in [1.807, 2.05) is 29.4 Å². The van der Waals surface area contributed by atoms with Gasteiger partial charge in [-0.25, -0.2) is 9.97 Å². The summed E-state index contributed by atoms with van der Waals surface area (Å²) in [6.07, 6.45) is 11.8. The lowest BCUT2D eigenvalue weighted by Gasteiger charge is -2.29. The number of aromatic nitrogens is 3. The van der Waals surface area contributed by atoms with Crippen molar-refractivity contribution in [3.63, 3.8) is 0 Å². The number of nitrogens with zero attached hydrogens (tertiary/aromatic N) is 4. The molecule has 3 aromatic heterocycles. The van der Waals surface area contributed by atoms with E-state index < -0.39 is 0 Å². The predicted octanol–water partition coefficient (Wildman–Crippen LogP) is 3.37. The summed E-state index contributed by atoms with van der Waals surface area (Å²) in [5, 5.41) is 8.51. The zero-order chi connectivity index (χ0) is 20.3. The van der Waals surface area contributed by atoms with Gasteiger partial charge in [0.2, 0.25) is 5.91 Å². The van der Waals surface area contributed by atoms with Crippen LogP contribution >= 0.6 is 0 Å². The van der Waals surface area contributed by atoms with Crippen LogP contribution in [0.2, 0.25) is 0 Å². The largest absolute Gasteiger partial charge is 0.367 e. The number of hydrogen-bond acceptors (Lipinski definition) is 6. The molecule has 1 saturated carbocycles. The molecule has 0 atom stereocenters. The van der Waals surface area contributed by atoms with Crippen molar-refractivity contribution in [1.82, 2.24) is 20.3 Å². The Bertz CT molecular complexity index is 1060. The minimum absolute atomic E-state index is 0.0264. The number of carbonyl (C=O) groups is 1. The van der Waals surface area contributed by atoms with Gasteiger partial charge in [-0.3, -0.25) is 9.78 Å². The van der Waals surface area contributed by atoms with Crippen molar-refractivity contribution < 1.29 is 4.79 Å². The van der Waals surface area contributed by atoms with Crippen molar-refractivity contribution in [1.29, 1.82) is 0 Å². The number of fused-ring (bicyclic) bond motifs is 1. The van der Waals surface area contributed by atoms with Gasteiger partial charge in [-0.2, -0.15) is 0 Å². The van der Waals surface area contributed by atoms with Crippen molar-refractivity contribution in [3.05, 3.63) is 42.9 Å². The second kappa shape index (κ2) is 8.26. The number of nitrogens with one attached hydrogen (secondary N) is 2. The van der Waals surface area contributed by atoms with Crippen molar-refractivity contribution in [2.75, 3.05) is 29.9 Å². The van der Waals surface area contributed by atoms with Crippen LogP contribution in [0.4, 0.5) is 11.6 Å². The maximum atomic E-state index is 12.0. The molecule has 7 nitrogen and oxygen atoms in total. The first kappa shape index (κ1) is 18.8. The average molecular weight is 403 g/mol. The third-order valence-electron chi connectivity index (χ3n) is 5.96. The SMILES string of the molecule is O=C1CN(c2nc(-c3ccnc(NC4CCCCC4)c3)cc3cnccc23)CCN1. The highest BCUT2D eigenvalue weighted by Crippen LogP contribution is 2.31. The van der Waals surface area contributed by atoms with E-state index in [0.29, 0.717) is 19.1 Å². The summed E-state index contributed by atoms with van der Waals surface area (Å²) in [5.41, 5.74) is 1.88. The van der Waals surface area contributed by atoms with Crippen LogP contribution in [-0.4, -0.2) is 46.5 Å². The zero-order valence-electron chi connectivity index (χ0n) is 17.0. The third-order valence-corrected chi connectivity index (χ3v) is 5.96. The Kier molecular flexibility index (Phi) is 5.17. The number of rotatable bonds is 4. The highest BCUT2D eigenvalue weighted by Gasteiger charge is 2.21. The summed E-state index contributed by atoms with van der Waals surface area (Å²) in [6.45, 7) is 1.69. The number of amides is 1. The summed E-state index contributed by atoms with van der Waals surface area (Å²) >= 11 is 0. The lowest BCUT2D eigenvalue weighted by atomic mass is 9.95. The van der Waals surface area contributed by atoms with Gasteiger partial charge in [-0.05, 0) is 37.1 Å². The zero-order valence-corrected chi connectivity index (χ0v) is 17.0. The minimum atomic E-state index is 0.0264. The molecule has 2 aliphatic rings. The Balaban J connectivity index is 1.51. The number of pyridine rings is 3. The van der Waals surface area contributed by atoms with Crippen LogP contribution < -0.4 is 15.5 Å². The quantitative estimate of drug-likeness (QED) is 0.696. The molecule has 1 saturated heterocycles. The first-order valence-corrected chi connectivity index (χ1v) is 10.8. The summed E-state index contributed by atoms with van der Waals surface area (Å²) in [4.78, 5) is 27.8. The fourth-order valence-corrected chi connectivity index (χ4v) is 4.41. The van der Waals surface area contributed by atoms with Gasteiger partial charge in [0.05, 0.1) is 12.2 Å². The first-order chi connectivity index (χ1) is 14.8. The van der Waals surface area contributed by atoms with Gasteiger partial charge in [0.15, 0.2) is 0 Å². The Labute approximate surface area is 175 Å². The molecular weight excluding hydrogens is 376 g/mol. The average Bonchev–Trinajstić information content (AvgIpc) is 2.79. The molecule has 1 aliphatic carbocycles. The smallest absolute Gasteiger partial charge is 0.239 e. The van der Waals surface area contributed by atoms with Crippen LogP contribution in [0.1, 0.15) is 32.1 Å². The Morgan fingerprint density at radius 2 is 2.00 bits per heavy atom.